The first kappa shape index (κ1) is 18.8. The third kappa shape index (κ3) is 5.81. The van der Waals surface area contributed by atoms with Crippen molar-refractivity contribution in [3.63, 3.8) is 0 Å². The maximum absolute atomic E-state index is 10.3. The highest BCUT2D eigenvalue weighted by atomic mass is 16.7. The summed E-state index contributed by atoms with van der Waals surface area (Å²) in [6, 6.07) is -0.563. The van der Waals surface area contributed by atoms with E-state index in [1.165, 1.54) is 0 Å². The van der Waals surface area contributed by atoms with E-state index < -0.39 is 30.6 Å². The highest BCUT2D eigenvalue weighted by Gasteiger charge is 2.44. The van der Waals surface area contributed by atoms with Crippen LogP contribution < -0.4 is 5.32 Å². The van der Waals surface area contributed by atoms with Gasteiger partial charge in [-0.1, -0.05) is 27.7 Å². The minimum atomic E-state index is -0.964. The van der Waals surface area contributed by atoms with Crippen molar-refractivity contribution >= 4 is 0 Å². The third-order valence-electron chi connectivity index (χ3n) is 3.58. The lowest BCUT2D eigenvalue weighted by molar-refractivity contribution is -0.281. The van der Waals surface area contributed by atoms with Crippen molar-refractivity contribution < 1.29 is 24.8 Å². The first-order chi connectivity index (χ1) is 9.86. The quantitative estimate of drug-likeness (QED) is 0.508. The van der Waals surface area contributed by atoms with Crippen molar-refractivity contribution in [1.82, 2.24) is 5.32 Å². The van der Waals surface area contributed by atoms with Crippen LogP contribution in [-0.2, 0) is 9.47 Å². The Labute approximate surface area is 127 Å². The molecular formula is C15H31NO5. The van der Waals surface area contributed by atoms with Gasteiger partial charge < -0.3 is 30.1 Å². The molecule has 21 heavy (non-hydrogen) atoms. The number of aliphatic hydroxyl groups is 3. The second-order valence-corrected chi connectivity index (χ2v) is 6.60. The van der Waals surface area contributed by atoms with Gasteiger partial charge in [-0.2, -0.15) is 0 Å². The highest BCUT2D eigenvalue weighted by Crippen LogP contribution is 2.22. The summed E-state index contributed by atoms with van der Waals surface area (Å²) in [7, 11) is 0. The zero-order valence-corrected chi connectivity index (χ0v) is 13.5. The van der Waals surface area contributed by atoms with Crippen molar-refractivity contribution in [2.75, 3.05) is 19.8 Å². The number of aliphatic hydroxyl groups excluding tert-OH is 3. The topological polar surface area (TPSA) is 91.2 Å². The molecule has 0 spiro atoms. The fraction of sp³-hybridized carbons (Fsp3) is 1.00. The highest BCUT2D eigenvalue weighted by molar-refractivity contribution is 4.94. The lowest BCUT2D eigenvalue weighted by Crippen LogP contribution is -2.64. The van der Waals surface area contributed by atoms with Gasteiger partial charge >= 0.3 is 0 Å². The molecule has 1 rings (SSSR count). The largest absolute Gasteiger partial charge is 0.394 e. The van der Waals surface area contributed by atoms with Crippen molar-refractivity contribution in [1.29, 1.82) is 0 Å². The molecule has 0 aromatic carbocycles. The first-order valence-electron chi connectivity index (χ1n) is 7.84. The molecule has 0 radical (unpaired) electrons. The summed E-state index contributed by atoms with van der Waals surface area (Å²) in [6.07, 6.45) is -2.56. The van der Waals surface area contributed by atoms with Crippen LogP contribution in [0.15, 0.2) is 0 Å². The number of hydrogen-bond donors (Lipinski definition) is 4. The summed E-state index contributed by atoms with van der Waals surface area (Å²) >= 11 is 0. The van der Waals surface area contributed by atoms with Crippen molar-refractivity contribution in [2.24, 2.45) is 11.8 Å². The van der Waals surface area contributed by atoms with E-state index >= 15 is 0 Å². The van der Waals surface area contributed by atoms with Gasteiger partial charge in [0, 0.05) is 0 Å². The fourth-order valence-electron chi connectivity index (χ4n) is 2.29. The molecule has 0 aromatic heterocycles. The van der Waals surface area contributed by atoms with Crippen LogP contribution in [0.3, 0.4) is 0 Å². The van der Waals surface area contributed by atoms with Crippen LogP contribution in [0, 0.1) is 11.8 Å². The SMILES string of the molecule is CC(C)CCN[C@H]1[C@@H](O)[C@@H](OCC(C)C)O[C@H](CO)[C@H]1O. The maximum atomic E-state index is 10.3. The molecule has 0 saturated carbocycles. The average Bonchev–Trinajstić information content (AvgIpc) is 2.41. The Morgan fingerprint density at radius 1 is 1.10 bits per heavy atom. The molecule has 1 heterocycles. The molecule has 1 aliphatic rings. The summed E-state index contributed by atoms with van der Waals surface area (Å²) in [5.74, 6) is 0.848. The lowest BCUT2D eigenvalue weighted by atomic mass is 9.96. The minimum absolute atomic E-state index is 0.308. The monoisotopic (exact) mass is 305 g/mol. The van der Waals surface area contributed by atoms with Crippen LogP contribution >= 0.6 is 0 Å². The van der Waals surface area contributed by atoms with Gasteiger partial charge in [0.05, 0.1) is 19.3 Å². The van der Waals surface area contributed by atoms with Crippen LogP contribution in [0.4, 0.5) is 0 Å². The van der Waals surface area contributed by atoms with E-state index in [9.17, 15) is 15.3 Å². The number of nitrogens with one attached hydrogen (secondary N) is 1. The maximum Gasteiger partial charge on any atom is 0.185 e. The van der Waals surface area contributed by atoms with E-state index in [2.05, 4.69) is 19.2 Å². The normalized spacial score (nSPS) is 33.9. The van der Waals surface area contributed by atoms with Gasteiger partial charge in [0.1, 0.15) is 18.3 Å². The van der Waals surface area contributed by atoms with E-state index in [-0.39, 0.29) is 6.61 Å². The zero-order chi connectivity index (χ0) is 16.0. The van der Waals surface area contributed by atoms with Crippen LogP contribution in [-0.4, -0.2) is 65.7 Å². The van der Waals surface area contributed by atoms with Gasteiger partial charge in [-0.15, -0.1) is 0 Å². The van der Waals surface area contributed by atoms with Gasteiger partial charge in [-0.05, 0) is 24.8 Å². The predicted octanol–water partition coefficient (Wildman–Crippen LogP) is 0.102. The van der Waals surface area contributed by atoms with Crippen LogP contribution in [0.25, 0.3) is 0 Å². The second-order valence-electron chi connectivity index (χ2n) is 6.60. The zero-order valence-electron chi connectivity index (χ0n) is 13.5. The third-order valence-corrected chi connectivity index (χ3v) is 3.58. The molecule has 1 aliphatic heterocycles. The van der Waals surface area contributed by atoms with Crippen LogP contribution in [0.5, 0.6) is 0 Å². The van der Waals surface area contributed by atoms with Gasteiger partial charge in [-0.3, -0.25) is 0 Å². The van der Waals surface area contributed by atoms with E-state index in [1.54, 1.807) is 0 Å². The molecular weight excluding hydrogens is 274 g/mol. The molecule has 5 atom stereocenters. The molecule has 1 saturated heterocycles. The number of hydrogen-bond acceptors (Lipinski definition) is 6. The summed E-state index contributed by atoms with van der Waals surface area (Å²) in [4.78, 5) is 0. The van der Waals surface area contributed by atoms with Crippen molar-refractivity contribution in [3.8, 4) is 0 Å². The molecule has 0 unspecified atom stereocenters. The molecule has 0 aromatic rings. The van der Waals surface area contributed by atoms with Crippen LogP contribution in [0.2, 0.25) is 0 Å². The summed E-state index contributed by atoms with van der Waals surface area (Å²) in [6.45, 7) is 9.07. The Hall–Kier alpha value is -0.240. The standard InChI is InChI=1S/C15H31NO5/c1-9(2)5-6-16-12-13(18)11(7-17)21-15(14(12)19)20-8-10(3)4/h9-19H,5-8H2,1-4H3/t11-,12-,13-,14-,15+/m1/s1. The Morgan fingerprint density at radius 3 is 2.29 bits per heavy atom. The molecule has 6 nitrogen and oxygen atoms in total. The molecule has 0 bridgehead atoms. The minimum Gasteiger partial charge on any atom is -0.394 e. The second kappa shape index (κ2) is 9.02. The van der Waals surface area contributed by atoms with Crippen molar-refractivity contribution in [3.05, 3.63) is 0 Å². The molecule has 0 aliphatic carbocycles. The Morgan fingerprint density at radius 2 is 1.76 bits per heavy atom. The molecule has 6 heteroatoms. The van der Waals surface area contributed by atoms with Crippen molar-refractivity contribution in [2.45, 2.75) is 64.8 Å². The summed E-state index contributed by atoms with van der Waals surface area (Å²) in [5.41, 5.74) is 0. The smallest absolute Gasteiger partial charge is 0.185 e. The summed E-state index contributed by atoms with van der Waals surface area (Å²) < 4.78 is 11.0. The van der Waals surface area contributed by atoms with Gasteiger partial charge in [0.25, 0.3) is 0 Å². The Balaban J connectivity index is 2.63. The predicted molar refractivity (Wildman–Crippen MR) is 79.8 cm³/mol. The van der Waals surface area contributed by atoms with E-state index in [0.717, 1.165) is 6.42 Å². The number of ether oxygens (including phenoxy) is 2. The lowest BCUT2D eigenvalue weighted by Gasteiger charge is -2.42. The van der Waals surface area contributed by atoms with E-state index in [1.807, 2.05) is 13.8 Å². The van der Waals surface area contributed by atoms with Gasteiger partial charge in [0.15, 0.2) is 6.29 Å². The van der Waals surface area contributed by atoms with E-state index in [0.29, 0.717) is 25.0 Å². The molecule has 0 amide bonds. The average molecular weight is 305 g/mol. The Kier molecular flexibility index (Phi) is 8.08. The number of rotatable bonds is 8. The van der Waals surface area contributed by atoms with Gasteiger partial charge in [0.2, 0.25) is 0 Å². The molecule has 1 fully saturated rings. The first-order valence-corrected chi connectivity index (χ1v) is 7.84. The Bertz CT molecular complexity index is 287. The summed E-state index contributed by atoms with van der Waals surface area (Å²) in [5, 5.41) is 33.0. The molecule has 4 N–H and O–H groups in total. The van der Waals surface area contributed by atoms with Gasteiger partial charge in [-0.25, -0.2) is 0 Å². The van der Waals surface area contributed by atoms with E-state index in [4.69, 9.17) is 9.47 Å². The molecule has 126 valence electrons. The van der Waals surface area contributed by atoms with Crippen LogP contribution in [0.1, 0.15) is 34.1 Å². The fourth-order valence-corrected chi connectivity index (χ4v) is 2.29.